The van der Waals surface area contributed by atoms with Crippen LogP contribution in [0.25, 0.3) is 0 Å². The molecule has 0 saturated heterocycles. The molecule has 1 aromatic heterocycles. The Morgan fingerprint density at radius 3 is 2.38 bits per heavy atom. The molecule has 0 saturated carbocycles. The van der Waals surface area contributed by atoms with Gasteiger partial charge in [0.25, 0.3) is 17.7 Å². The number of sulfonamides is 1. The summed E-state index contributed by atoms with van der Waals surface area (Å²) in [7, 11) is 0.751. The standard InChI is InChI=1S/C17H20BrN5O5S/c1-22(2)29(27,28)13-6-4-5-11(7-13)16(25)19-9-15(24)20-21-17(26)14-8-12(18)10-23(14)3/h4-8,10H,9H2,1-3H3,(H,19,25)(H,20,24)(H,21,26). The number of aromatic nitrogens is 1. The molecular weight excluding hydrogens is 466 g/mol. The van der Waals surface area contributed by atoms with E-state index >= 15 is 0 Å². The first kappa shape index (κ1) is 22.6. The molecule has 2 aromatic rings. The topological polar surface area (TPSA) is 130 Å². The quantitative estimate of drug-likeness (QED) is 0.504. The Balaban J connectivity index is 1.91. The number of amides is 3. The van der Waals surface area contributed by atoms with E-state index in [-0.39, 0.29) is 10.5 Å². The lowest BCUT2D eigenvalue weighted by Gasteiger charge is -2.12. The van der Waals surface area contributed by atoms with Gasteiger partial charge in [0.05, 0.1) is 11.4 Å². The Labute approximate surface area is 176 Å². The zero-order chi connectivity index (χ0) is 21.8. The summed E-state index contributed by atoms with van der Waals surface area (Å²) in [5.74, 6) is -1.81. The van der Waals surface area contributed by atoms with Crippen LogP contribution in [-0.4, -0.2) is 55.7 Å². The molecule has 0 aliphatic carbocycles. The fourth-order valence-electron chi connectivity index (χ4n) is 2.26. The number of hydrogen-bond donors (Lipinski definition) is 3. The molecule has 0 radical (unpaired) electrons. The third kappa shape index (κ3) is 5.65. The zero-order valence-electron chi connectivity index (χ0n) is 15.9. The molecule has 10 nitrogen and oxygen atoms in total. The summed E-state index contributed by atoms with van der Waals surface area (Å²) in [6, 6.07) is 7.03. The highest BCUT2D eigenvalue weighted by atomic mass is 79.9. The van der Waals surface area contributed by atoms with E-state index < -0.39 is 34.3 Å². The lowest BCUT2D eigenvalue weighted by molar-refractivity contribution is -0.120. The number of aryl methyl sites for hydroxylation is 1. The first-order valence-electron chi connectivity index (χ1n) is 8.24. The minimum atomic E-state index is -3.69. The molecule has 156 valence electrons. The van der Waals surface area contributed by atoms with Crippen LogP contribution in [0.2, 0.25) is 0 Å². The van der Waals surface area contributed by atoms with E-state index in [1.54, 1.807) is 23.9 Å². The zero-order valence-corrected chi connectivity index (χ0v) is 18.3. The maximum Gasteiger partial charge on any atom is 0.286 e. The predicted octanol–water partition coefficient (Wildman–Crippen LogP) is 0.229. The Kier molecular flexibility index (Phi) is 7.16. The van der Waals surface area contributed by atoms with Crippen LogP contribution in [0.3, 0.4) is 0 Å². The first-order valence-corrected chi connectivity index (χ1v) is 10.5. The van der Waals surface area contributed by atoms with Gasteiger partial charge in [-0.25, -0.2) is 12.7 Å². The highest BCUT2D eigenvalue weighted by Gasteiger charge is 2.19. The molecule has 3 amide bonds. The van der Waals surface area contributed by atoms with Gasteiger partial charge in [0, 0.05) is 37.4 Å². The van der Waals surface area contributed by atoms with E-state index in [1.807, 2.05) is 0 Å². The monoisotopic (exact) mass is 485 g/mol. The summed E-state index contributed by atoms with van der Waals surface area (Å²) < 4.78 is 27.6. The summed E-state index contributed by atoms with van der Waals surface area (Å²) >= 11 is 3.24. The number of halogens is 1. The van der Waals surface area contributed by atoms with E-state index in [1.165, 1.54) is 38.4 Å². The summed E-state index contributed by atoms with van der Waals surface area (Å²) in [6.45, 7) is -0.416. The van der Waals surface area contributed by atoms with E-state index in [0.29, 0.717) is 10.2 Å². The van der Waals surface area contributed by atoms with Gasteiger partial charge in [0.15, 0.2) is 0 Å². The molecule has 0 spiro atoms. The average Bonchev–Trinajstić information content (AvgIpc) is 3.02. The van der Waals surface area contributed by atoms with Gasteiger partial charge in [-0.15, -0.1) is 0 Å². The highest BCUT2D eigenvalue weighted by Crippen LogP contribution is 2.15. The van der Waals surface area contributed by atoms with Gasteiger partial charge in [-0.1, -0.05) is 6.07 Å². The number of nitrogens with one attached hydrogen (secondary N) is 3. The van der Waals surface area contributed by atoms with Crippen molar-refractivity contribution in [2.45, 2.75) is 4.90 Å². The minimum absolute atomic E-state index is 0.0411. The lowest BCUT2D eigenvalue weighted by Crippen LogP contribution is -2.46. The Hall–Kier alpha value is -2.70. The number of benzene rings is 1. The molecule has 3 N–H and O–H groups in total. The van der Waals surface area contributed by atoms with Crippen LogP contribution < -0.4 is 16.2 Å². The van der Waals surface area contributed by atoms with Crippen molar-refractivity contribution in [3.05, 3.63) is 52.3 Å². The highest BCUT2D eigenvalue weighted by molar-refractivity contribution is 9.10. The van der Waals surface area contributed by atoms with Crippen molar-refractivity contribution in [3.8, 4) is 0 Å². The summed E-state index contributed by atoms with van der Waals surface area (Å²) in [6.07, 6.45) is 1.68. The van der Waals surface area contributed by atoms with Gasteiger partial charge >= 0.3 is 0 Å². The first-order chi connectivity index (χ1) is 13.5. The Morgan fingerprint density at radius 2 is 1.79 bits per heavy atom. The molecule has 0 bridgehead atoms. The maximum absolute atomic E-state index is 12.2. The van der Waals surface area contributed by atoms with Crippen molar-refractivity contribution in [1.29, 1.82) is 0 Å². The van der Waals surface area contributed by atoms with E-state index in [2.05, 4.69) is 32.1 Å². The molecule has 1 heterocycles. The van der Waals surface area contributed by atoms with Crippen LogP contribution >= 0.6 is 15.9 Å². The van der Waals surface area contributed by atoms with Crippen LogP contribution in [0.5, 0.6) is 0 Å². The number of hydrazine groups is 1. The van der Waals surface area contributed by atoms with Gasteiger partial charge in [-0.05, 0) is 40.2 Å². The van der Waals surface area contributed by atoms with Crippen molar-refractivity contribution in [3.63, 3.8) is 0 Å². The van der Waals surface area contributed by atoms with Crippen molar-refractivity contribution in [1.82, 2.24) is 25.0 Å². The van der Waals surface area contributed by atoms with Gasteiger partial charge in [0.2, 0.25) is 10.0 Å². The Bertz CT molecular complexity index is 1050. The summed E-state index contributed by atoms with van der Waals surface area (Å²) in [5, 5.41) is 2.36. The molecule has 0 unspecified atom stereocenters. The van der Waals surface area contributed by atoms with E-state index in [0.717, 1.165) is 4.31 Å². The summed E-state index contributed by atoms with van der Waals surface area (Å²) in [4.78, 5) is 36.0. The normalized spacial score (nSPS) is 11.2. The van der Waals surface area contributed by atoms with Gasteiger partial charge < -0.3 is 9.88 Å². The fourth-order valence-corrected chi connectivity index (χ4v) is 3.73. The molecule has 1 aromatic carbocycles. The number of hydrogen-bond acceptors (Lipinski definition) is 5. The van der Waals surface area contributed by atoms with Crippen molar-refractivity contribution < 1.29 is 22.8 Å². The molecule has 12 heteroatoms. The van der Waals surface area contributed by atoms with Gasteiger partial charge in [-0.2, -0.15) is 0 Å². The van der Waals surface area contributed by atoms with Crippen LogP contribution in [-0.2, 0) is 21.9 Å². The second-order valence-corrected chi connectivity index (χ2v) is 9.22. The summed E-state index contributed by atoms with van der Waals surface area (Å²) in [5.41, 5.74) is 4.83. The molecule has 0 fully saturated rings. The van der Waals surface area contributed by atoms with E-state index in [4.69, 9.17) is 0 Å². The van der Waals surface area contributed by atoms with Gasteiger partial charge in [0.1, 0.15) is 5.69 Å². The molecule has 0 aliphatic heterocycles. The molecule has 0 atom stereocenters. The van der Waals surface area contributed by atoms with Crippen LogP contribution in [0.1, 0.15) is 20.8 Å². The smallest absolute Gasteiger partial charge is 0.286 e. The second-order valence-electron chi connectivity index (χ2n) is 6.15. The van der Waals surface area contributed by atoms with Crippen LogP contribution in [0, 0.1) is 0 Å². The molecular formula is C17H20BrN5O5S. The van der Waals surface area contributed by atoms with Crippen molar-refractivity contribution >= 4 is 43.7 Å². The third-order valence-corrected chi connectivity index (χ3v) is 6.05. The van der Waals surface area contributed by atoms with Crippen LogP contribution in [0.4, 0.5) is 0 Å². The number of nitrogens with zero attached hydrogens (tertiary/aromatic N) is 2. The predicted molar refractivity (Wildman–Crippen MR) is 108 cm³/mol. The van der Waals surface area contributed by atoms with Crippen molar-refractivity contribution in [2.24, 2.45) is 7.05 Å². The van der Waals surface area contributed by atoms with E-state index in [9.17, 15) is 22.8 Å². The largest absolute Gasteiger partial charge is 0.345 e. The van der Waals surface area contributed by atoms with Crippen molar-refractivity contribution in [2.75, 3.05) is 20.6 Å². The third-order valence-electron chi connectivity index (χ3n) is 3.80. The second kappa shape index (κ2) is 9.20. The van der Waals surface area contributed by atoms with Gasteiger partial charge in [-0.3, -0.25) is 25.2 Å². The SMILES string of the molecule is CN(C)S(=O)(=O)c1cccc(C(=O)NCC(=O)NNC(=O)c2cc(Br)cn2C)c1. The van der Waals surface area contributed by atoms with Crippen LogP contribution in [0.15, 0.2) is 45.9 Å². The molecule has 29 heavy (non-hydrogen) atoms. The maximum atomic E-state index is 12.2. The lowest BCUT2D eigenvalue weighted by atomic mass is 10.2. The number of carbonyl (C=O) groups excluding carboxylic acids is 3. The molecule has 0 aliphatic rings. The Morgan fingerprint density at radius 1 is 1.10 bits per heavy atom. The average molecular weight is 486 g/mol. The number of rotatable bonds is 6. The fraction of sp³-hybridized carbons (Fsp3) is 0.235. The molecule has 2 rings (SSSR count). The number of carbonyl (C=O) groups is 3. The minimum Gasteiger partial charge on any atom is -0.345 e.